The van der Waals surface area contributed by atoms with Gasteiger partial charge in [0, 0.05) is 37.1 Å². The molecule has 0 spiro atoms. The predicted molar refractivity (Wildman–Crippen MR) is 101 cm³/mol. The Kier molecular flexibility index (Phi) is 6.72. The van der Waals surface area contributed by atoms with Crippen molar-refractivity contribution in [1.82, 2.24) is 14.8 Å². The van der Waals surface area contributed by atoms with Gasteiger partial charge >= 0.3 is 6.09 Å². The number of ether oxygens (including phenoxy) is 2. The number of amides is 1. The lowest BCUT2D eigenvalue weighted by Gasteiger charge is -2.37. The van der Waals surface area contributed by atoms with Crippen LogP contribution in [0.2, 0.25) is 0 Å². The van der Waals surface area contributed by atoms with Gasteiger partial charge < -0.3 is 19.3 Å². The number of hydrogen-bond donors (Lipinski definition) is 0. The van der Waals surface area contributed by atoms with Gasteiger partial charge in [0.1, 0.15) is 5.75 Å². The van der Waals surface area contributed by atoms with Crippen LogP contribution in [0.1, 0.15) is 50.5 Å². The van der Waals surface area contributed by atoms with Crippen LogP contribution in [0.25, 0.3) is 0 Å². The van der Waals surface area contributed by atoms with Gasteiger partial charge in [-0.25, -0.2) is 4.79 Å². The summed E-state index contributed by atoms with van der Waals surface area (Å²) < 4.78 is 10.7. The second-order valence-corrected chi connectivity index (χ2v) is 7.20. The molecule has 2 saturated heterocycles. The van der Waals surface area contributed by atoms with Crippen molar-refractivity contribution in [2.24, 2.45) is 0 Å². The maximum absolute atomic E-state index is 12.0. The maximum atomic E-state index is 12.0. The summed E-state index contributed by atoms with van der Waals surface area (Å²) in [6, 6.07) is 2.53. The summed E-state index contributed by atoms with van der Waals surface area (Å²) >= 11 is 0. The topological polar surface area (TPSA) is 54.9 Å². The van der Waals surface area contributed by atoms with Crippen molar-refractivity contribution in [2.75, 3.05) is 39.9 Å². The lowest BCUT2D eigenvalue weighted by atomic mass is 9.88. The van der Waals surface area contributed by atoms with E-state index < -0.39 is 0 Å². The minimum absolute atomic E-state index is 0.157. The Balaban J connectivity index is 1.53. The molecule has 6 heteroatoms. The number of carbonyl (C=O) groups excluding carboxylic acids is 1. The first kappa shape index (κ1) is 19.0. The number of piperidine rings is 1. The molecule has 3 rings (SSSR count). The number of carbonyl (C=O) groups is 1. The van der Waals surface area contributed by atoms with Crippen molar-refractivity contribution >= 4 is 6.09 Å². The highest BCUT2D eigenvalue weighted by molar-refractivity contribution is 5.67. The van der Waals surface area contributed by atoms with Crippen LogP contribution in [0, 0.1) is 0 Å². The summed E-state index contributed by atoms with van der Waals surface area (Å²) in [5.74, 6) is 1.48. The number of rotatable bonds is 4. The van der Waals surface area contributed by atoms with Gasteiger partial charge in [0.05, 0.1) is 13.7 Å². The lowest BCUT2D eigenvalue weighted by molar-refractivity contribution is 0.105. The van der Waals surface area contributed by atoms with Crippen molar-refractivity contribution in [1.29, 1.82) is 0 Å². The van der Waals surface area contributed by atoms with E-state index >= 15 is 0 Å². The Bertz CT molecular complexity index is 587. The standard InChI is InChI=1S/C20H31N3O3/c1-3-26-20(24)23-11-4-5-17(9-14-23)22-12-7-16(8-13-22)18-15-21-10-6-19(18)25-2/h6,10,15-17H,3-5,7-9,11-14H2,1-2H3. The van der Waals surface area contributed by atoms with E-state index in [0.29, 0.717) is 18.6 Å². The van der Waals surface area contributed by atoms with Crippen molar-refractivity contribution < 1.29 is 14.3 Å². The first-order chi connectivity index (χ1) is 12.7. The molecular formula is C20H31N3O3. The molecule has 144 valence electrons. The van der Waals surface area contributed by atoms with E-state index in [9.17, 15) is 4.79 Å². The number of aromatic nitrogens is 1. The van der Waals surface area contributed by atoms with Gasteiger partial charge in [-0.15, -0.1) is 0 Å². The summed E-state index contributed by atoms with van der Waals surface area (Å²) in [7, 11) is 1.73. The van der Waals surface area contributed by atoms with Crippen molar-refractivity contribution in [3.05, 3.63) is 24.0 Å². The molecule has 1 atom stereocenters. The molecule has 2 aliphatic heterocycles. The van der Waals surface area contributed by atoms with E-state index in [1.165, 1.54) is 5.56 Å². The minimum Gasteiger partial charge on any atom is -0.496 e. The van der Waals surface area contributed by atoms with Crippen molar-refractivity contribution in [2.45, 2.75) is 51.0 Å². The minimum atomic E-state index is -0.157. The van der Waals surface area contributed by atoms with Crippen molar-refractivity contribution in [3.63, 3.8) is 0 Å². The Morgan fingerprint density at radius 3 is 2.73 bits per heavy atom. The summed E-state index contributed by atoms with van der Waals surface area (Å²) in [5, 5.41) is 0. The van der Waals surface area contributed by atoms with Crippen LogP contribution in [0.15, 0.2) is 18.5 Å². The predicted octanol–water partition coefficient (Wildman–Crippen LogP) is 3.28. The highest BCUT2D eigenvalue weighted by Crippen LogP contribution is 2.34. The van der Waals surface area contributed by atoms with Crippen LogP contribution in [0.3, 0.4) is 0 Å². The molecule has 1 aromatic heterocycles. The Labute approximate surface area is 156 Å². The van der Waals surface area contributed by atoms with E-state index in [1.54, 1.807) is 13.3 Å². The number of nitrogens with zero attached hydrogens (tertiary/aromatic N) is 3. The second-order valence-electron chi connectivity index (χ2n) is 7.20. The quantitative estimate of drug-likeness (QED) is 0.824. The number of hydrogen-bond acceptors (Lipinski definition) is 5. The van der Waals surface area contributed by atoms with E-state index in [1.807, 2.05) is 24.1 Å². The Morgan fingerprint density at radius 2 is 2.00 bits per heavy atom. The first-order valence-electron chi connectivity index (χ1n) is 9.86. The molecule has 0 aromatic carbocycles. The lowest BCUT2D eigenvalue weighted by Crippen LogP contribution is -2.41. The Hall–Kier alpha value is -1.82. The van der Waals surface area contributed by atoms with Crippen molar-refractivity contribution in [3.8, 4) is 5.75 Å². The van der Waals surface area contributed by atoms with Gasteiger partial charge in [-0.2, -0.15) is 0 Å². The van der Waals surface area contributed by atoms with Gasteiger partial charge in [0.25, 0.3) is 0 Å². The zero-order chi connectivity index (χ0) is 18.4. The summed E-state index contributed by atoms with van der Waals surface area (Å²) in [5.41, 5.74) is 1.24. The summed E-state index contributed by atoms with van der Waals surface area (Å²) in [6.45, 7) is 6.14. The van der Waals surface area contributed by atoms with Gasteiger partial charge in [-0.1, -0.05) is 0 Å². The van der Waals surface area contributed by atoms with Gasteiger partial charge in [0.2, 0.25) is 0 Å². The van der Waals surface area contributed by atoms with Gasteiger partial charge in [0.15, 0.2) is 0 Å². The highest BCUT2D eigenvalue weighted by atomic mass is 16.6. The molecule has 0 saturated carbocycles. The number of likely N-dealkylation sites (tertiary alicyclic amines) is 2. The van der Waals surface area contributed by atoms with E-state index in [4.69, 9.17) is 9.47 Å². The second kappa shape index (κ2) is 9.21. The molecule has 0 radical (unpaired) electrons. The molecule has 2 aliphatic rings. The van der Waals surface area contributed by atoms with Gasteiger partial charge in [-0.05, 0) is 64.1 Å². The average Bonchev–Trinajstić information content (AvgIpc) is 2.94. The first-order valence-corrected chi connectivity index (χ1v) is 9.86. The third kappa shape index (κ3) is 4.47. The van der Waals surface area contributed by atoms with Gasteiger partial charge in [-0.3, -0.25) is 4.98 Å². The molecule has 0 bridgehead atoms. The fraction of sp³-hybridized carbons (Fsp3) is 0.700. The average molecular weight is 361 g/mol. The molecule has 1 amide bonds. The maximum Gasteiger partial charge on any atom is 0.409 e. The zero-order valence-corrected chi connectivity index (χ0v) is 16.0. The highest BCUT2D eigenvalue weighted by Gasteiger charge is 2.29. The zero-order valence-electron chi connectivity index (χ0n) is 16.0. The fourth-order valence-corrected chi connectivity index (χ4v) is 4.30. The third-order valence-corrected chi connectivity index (χ3v) is 5.74. The molecule has 1 aromatic rings. The van der Waals surface area contributed by atoms with Crippen LogP contribution >= 0.6 is 0 Å². The largest absolute Gasteiger partial charge is 0.496 e. The molecule has 3 heterocycles. The molecule has 0 aliphatic carbocycles. The van der Waals surface area contributed by atoms with Crippen LogP contribution < -0.4 is 4.74 Å². The molecule has 26 heavy (non-hydrogen) atoms. The fourth-order valence-electron chi connectivity index (χ4n) is 4.30. The SMILES string of the molecule is CCOC(=O)N1CCCC(N2CCC(c3cnccc3OC)CC2)CC1. The summed E-state index contributed by atoms with van der Waals surface area (Å²) in [4.78, 5) is 20.7. The monoisotopic (exact) mass is 361 g/mol. The molecule has 2 fully saturated rings. The van der Waals surface area contributed by atoms with Crippen LogP contribution in [0.4, 0.5) is 4.79 Å². The molecule has 0 N–H and O–H groups in total. The number of pyridine rings is 1. The normalized spacial score (nSPS) is 22.7. The van der Waals surface area contributed by atoms with E-state index in [-0.39, 0.29) is 6.09 Å². The van der Waals surface area contributed by atoms with Crippen LogP contribution in [-0.4, -0.2) is 66.8 Å². The third-order valence-electron chi connectivity index (χ3n) is 5.74. The Morgan fingerprint density at radius 1 is 1.19 bits per heavy atom. The summed E-state index contributed by atoms with van der Waals surface area (Å²) in [6.07, 6.45) is 9.13. The molecule has 1 unspecified atom stereocenters. The molecular weight excluding hydrogens is 330 g/mol. The van der Waals surface area contributed by atoms with Crippen LogP contribution in [-0.2, 0) is 4.74 Å². The molecule has 6 nitrogen and oxygen atoms in total. The number of methoxy groups -OCH3 is 1. The van der Waals surface area contributed by atoms with E-state index in [0.717, 1.165) is 64.0 Å². The smallest absolute Gasteiger partial charge is 0.409 e. The van der Waals surface area contributed by atoms with Crippen LogP contribution in [0.5, 0.6) is 5.75 Å². The van der Waals surface area contributed by atoms with E-state index in [2.05, 4.69) is 9.88 Å².